The average molecular weight is 413 g/mol. The number of amides is 1. The Hall–Kier alpha value is -3.43. The van der Waals surface area contributed by atoms with Gasteiger partial charge >= 0.3 is 0 Å². The van der Waals surface area contributed by atoms with E-state index in [2.05, 4.69) is 15.2 Å². The summed E-state index contributed by atoms with van der Waals surface area (Å²) in [5, 5.41) is 13.7. The molecule has 0 aliphatic carbocycles. The average Bonchev–Trinajstić information content (AvgIpc) is 3.24. The molecule has 150 valence electrons. The van der Waals surface area contributed by atoms with E-state index in [9.17, 15) is 18.3 Å². The van der Waals surface area contributed by atoms with Crippen LogP contribution >= 0.6 is 0 Å². The molecule has 0 atom stereocenters. The lowest BCUT2D eigenvalue weighted by molar-refractivity contribution is 0.0952. The van der Waals surface area contributed by atoms with Crippen LogP contribution < -0.4 is 10.1 Å². The first-order valence-electron chi connectivity index (χ1n) is 8.62. The Balaban J connectivity index is 1.66. The molecule has 0 bridgehead atoms. The summed E-state index contributed by atoms with van der Waals surface area (Å²) in [6, 6.07) is 15.6. The number of aromatic hydroxyl groups is 1. The van der Waals surface area contributed by atoms with Crippen molar-refractivity contribution in [3.8, 4) is 5.75 Å². The summed E-state index contributed by atoms with van der Waals surface area (Å²) in [4.78, 5) is 12.2. The Labute approximate surface area is 167 Å². The van der Waals surface area contributed by atoms with E-state index < -0.39 is 15.9 Å². The van der Waals surface area contributed by atoms with Crippen molar-refractivity contribution in [3.05, 3.63) is 83.8 Å². The number of sulfonamides is 1. The molecule has 0 saturated carbocycles. The van der Waals surface area contributed by atoms with Gasteiger partial charge in [0.25, 0.3) is 5.91 Å². The highest BCUT2D eigenvalue weighted by molar-refractivity contribution is 7.89. The molecule has 3 rings (SSSR count). The van der Waals surface area contributed by atoms with Crippen molar-refractivity contribution >= 4 is 21.6 Å². The third-order valence-corrected chi connectivity index (χ3v) is 5.49. The van der Waals surface area contributed by atoms with Gasteiger partial charge in [-0.2, -0.15) is 5.10 Å². The summed E-state index contributed by atoms with van der Waals surface area (Å²) in [5.41, 5.74) is 3.58. The third-order valence-electron chi connectivity index (χ3n) is 4.07. The summed E-state index contributed by atoms with van der Waals surface area (Å²) in [7, 11) is -3.69. The summed E-state index contributed by atoms with van der Waals surface area (Å²) >= 11 is 0. The van der Waals surface area contributed by atoms with E-state index in [1.54, 1.807) is 43.3 Å². The van der Waals surface area contributed by atoms with E-state index in [0.29, 0.717) is 17.0 Å². The van der Waals surface area contributed by atoms with Crippen molar-refractivity contribution in [2.75, 3.05) is 0 Å². The van der Waals surface area contributed by atoms with Crippen LogP contribution in [0.3, 0.4) is 0 Å². The maximum absolute atomic E-state index is 12.3. The van der Waals surface area contributed by atoms with E-state index in [1.807, 2.05) is 0 Å². The van der Waals surface area contributed by atoms with Crippen LogP contribution in [0.25, 0.3) is 0 Å². The van der Waals surface area contributed by atoms with Gasteiger partial charge in [0.1, 0.15) is 11.5 Å². The van der Waals surface area contributed by atoms with Crippen molar-refractivity contribution in [2.45, 2.75) is 18.4 Å². The number of hydrogen-bond donors (Lipinski definition) is 3. The Kier molecular flexibility index (Phi) is 6.10. The van der Waals surface area contributed by atoms with Gasteiger partial charge in [0, 0.05) is 0 Å². The van der Waals surface area contributed by atoms with Crippen molar-refractivity contribution < 1.29 is 22.7 Å². The van der Waals surface area contributed by atoms with Gasteiger partial charge in [-0.1, -0.05) is 24.3 Å². The topological polar surface area (TPSA) is 121 Å². The number of phenolic OH excluding ortho intramolecular Hbond substituents is 1. The number of nitrogens with one attached hydrogen (secondary N) is 2. The molecule has 1 amide bonds. The van der Waals surface area contributed by atoms with Gasteiger partial charge in [-0.15, -0.1) is 0 Å². The van der Waals surface area contributed by atoms with Crippen LogP contribution in [0.4, 0.5) is 0 Å². The van der Waals surface area contributed by atoms with Crippen LogP contribution in [-0.4, -0.2) is 25.1 Å². The summed E-state index contributed by atoms with van der Waals surface area (Å²) in [6.45, 7) is 1.72. The quantitative estimate of drug-likeness (QED) is 0.406. The van der Waals surface area contributed by atoms with Gasteiger partial charge in [0.15, 0.2) is 0 Å². The number of phenols is 1. The molecule has 9 heteroatoms. The number of hydrogen-bond acceptors (Lipinski definition) is 6. The number of nitrogens with zero attached hydrogens (tertiary/aromatic N) is 1. The second-order valence-electron chi connectivity index (χ2n) is 6.08. The van der Waals surface area contributed by atoms with Crippen LogP contribution in [0.15, 0.2) is 81.3 Å². The number of hydrazone groups is 1. The molecule has 8 nitrogen and oxygen atoms in total. The molecule has 3 aromatic rings. The number of carbonyl (C=O) groups is 1. The van der Waals surface area contributed by atoms with Crippen LogP contribution in [0, 0.1) is 0 Å². The SMILES string of the molecule is C/C(=N\NC(=O)c1ccccc1O)c1ccc(S(=O)(=O)NCc2ccco2)cc1. The lowest BCUT2D eigenvalue weighted by Gasteiger charge is -2.07. The normalized spacial score (nSPS) is 12.0. The van der Waals surface area contributed by atoms with Crippen LogP contribution in [0.5, 0.6) is 5.75 Å². The molecule has 29 heavy (non-hydrogen) atoms. The molecule has 0 aliphatic rings. The van der Waals surface area contributed by atoms with Gasteiger partial charge in [0.05, 0.1) is 29.0 Å². The number of carbonyl (C=O) groups excluding carboxylic acids is 1. The van der Waals surface area contributed by atoms with E-state index in [0.717, 1.165) is 0 Å². The maximum Gasteiger partial charge on any atom is 0.275 e. The highest BCUT2D eigenvalue weighted by Gasteiger charge is 2.15. The minimum absolute atomic E-state index is 0.0515. The molecule has 1 aromatic heterocycles. The van der Waals surface area contributed by atoms with Crippen LogP contribution in [0.2, 0.25) is 0 Å². The summed E-state index contributed by atoms with van der Waals surface area (Å²) in [5.74, 6) is -0.188. The lowest BCUT2D eigenvalue weighted by Crippen LogP contribution is -2.23. The third kappa shape index (κ3) is 5.09. The van der Waals surface area contributed by atoms with E-state index in [4.69, 9.17) is 4.42 Å². The van der Waals surface area contributed by atoms with Crippen LogP contribution in [0.1, 0.15) is 28.6 Å². The smallest absolute Gasteiger partial charge is 0.275 e. The number of furan rings is 1. The monoisotopic (exact) mass is 413 g/mol. The molecular formula is C20H19N3O5S. The second-order valence-corrected chi connectivity index (χ2v) is 7.85. The van der Waals surface area contributed by atoms with E-state index >= 15 is 0 Å². The molecule has 0 spiro atoms. The van der Waals surface area contributed by atoms with Gasteiger partial charge in [-0.3, -0.25) is 4.79 Å². The summed E-state index contributed by atoms with van der Waals surface area (Å²) < 4.78 is 32.3. The summed E-state index contributed by atoms with van der Waals surface area (Å²) in [6.07, 6.45) is 1.47. The van der Waals surface area contributed by atoms with E-state index in [-0.39, 0.29) is 22.8 Å². The molecule has 1 heterocycles. The molecule has 2 aromatic carbocycles. The molecule has 0 saturated heterocycles. The van der Waals surface area contributed by atoms with Crippen molar-refractivity contribution in [2.24, 2.45) is 5.10 Å². The Morgan fingerprint density at radius 2 is 1.79 bits per heavy atom. The Morgan fingerprint density at radius 3 is 2.45 bits per heavy atom. The predicted octanol–water partition coefficient (Wildman–Crippen LogP) is 2.62. The highest BCUT2D eigenvalue weighted by Crippen LogP contribution is 2.15. The van der Waals surface area contributed by atoms with Gasteiger partial charge in [0.2, 0.25) is 10.0 Å². The number of benzene rings is 2. The highest BCUT2D eigenvalue weighted by atomic mass is 32.2. The molecule has 3 N–H and O–H groups in total. The zero-order chi connectivity index (χ0) is 20.9. The molecule has 0 fully saturated rings. The standard InChI is InChI=1S/C20H19N3O5S/c1-14(22-23-20(25)18-6-2-3-7-19(18)24)15-8-10-17(11-9-15)29(26,27)21-13-16-5-4-12-28-16/h2-12,21,24H,13H2,1H3,(H,23,25)/b22-14+. The lowest BCUT2D eigenvalue weighted by atomic mass is 10.1. The minimum atomic E-state index is -3.69. The van der Waals surface area contributed by atoms with Gasteiger partial charge in [-0.05, 0) is 48.9 Å². The first-order valence-corrected chi connectivity index (χ1v) is 10.1. The molecule has 0 unspecified atom stereocenters. The van der Waals surface area contributed by atoms with Crippen molar-refractivity contribution in [3.63, 3.8) is 0 Å². The first-order chi connectivity index (χ1) is 13.9. The largest absolute Gasteiger partial charge is 0.507 e. The van der Waals surface area contributed by atoms with Gasteiger partial charge < -0.3 is 9.52 Å². The molecule has 0 aliphatic heterocycles. The number of rotatable bonds is 7. The van der Waals surface area contributed by atoms with Crippen molar-refractivity contribution in [1.29, 1.82) is 0 Å². The predicted molar refractivity (Wildman–Crippen MR) is 107 cm³/mol. The zero-order valence-electron chi connectivity index (χ0n) is 15.5. The Morgan fingerprint density at radius 1 is 1.07 bits per heavy atom. The fourth-order valence-corrected chi connectivity index (χ4v) is 3.46. The number of para-hydroxylation sites is 1. The van der Waals surface area contributed by atoms with Crippen LogP contribution in [-0.2, 0) is 16.6 Å². The zero-order valence-corrected chi connectivity index (χ0v) is 16.3. The fourth-order valence-electron chi connectivity index (χ4n) is 2.46. The molecule has 0 radical (unpaired) electrons. The van der Waals surface area contributed by atoms with E-state index in [1.165, 1.54) is 30.5 Å². The van der Waals surface area contributed by atoms with Crippen molar-refractivity contribution in [1.82, 2.24) is 10.1 Å². The van der Waals surface area contributed by atoms with Gasteiger partial charge in [-0.25, -0.2) is 18.6 Å². The first kappa shape index (κ1) is 20.3. The molecular weight excluding hydrogens is 394 g/mol. The Bertz CT molecular complexity index is 1120. The fraction of sp³-hybridized carbons (Fsp3) is 0.100. The minimum Gasteiger partial charge on any atom is -0.507 e. The second kappa shape index (κ2) is 8.72. The maximum atomic E-state index is 12.3.